The van der Waals surface area contributed by atoms with Crippen LogP contribution in [0.25, 0.3) is 0 Å². The number of hydrogen-bond donors (Lipinski definition) is 3. The number of carboxylic acid groups (broad SMARTS) is 1. The van der Waals surface area contributed by atoms with Gasteiger partial charge in [-0.3, -0.25) is 14.4 Å². The quantitative estimate of drug-likeness (QED) is 0.747. The summed E-state index contributed by atoms with van der Waals surface area (Å²) in [5.41, 5.74) is 0.700. The summed E-state index contributed by atoms with van der Waals surface area (Å²) in [6.45, 7) is 0. The van der Waals surface area contributed by atoms with Crippen LogP contribution in [0.3, 0.4) is 0 Å². The zero-order valence-electron chi connectivity index (χ0n) is 10.9. The molecule has 0 bridgehead atoms. The third-order valence-corrected chi connectivity index (χ3v) is 2.85. The SMILES string of the molecule is CNC(=O)c1ccc(Cl)c(NC(=O)CCCC(=O)O)c1. The monoisotopic (exact) mass is 298 g/mol. The molecule has 0 saturated heterocycles. The van der Waals surface area contributed by atoms with Crippen LogP contribution in [0.2, 0.25) is 5.02 Å². The molecule has 0 atom stereocenters. The van der Waals surface area contributed by atoms with Gasteiger partial charge in [0.15, 0.2) is 0 Å². The summed E-state index contributed by atoms with van der Waals surface area (Å²) in [5, 5.41) is 13.8. The summed E-state index contributed by atoms with van der Waals surface area (Å²) in [4.78, 5) is 33.5. The van der Waals surface area contributed by atoms with Gasteiger partial charge >= 0.3 is 5.97 Å². The molecule has 0 aliphatic rings. The Kier molecular flexibility index (Phi) is 5.99. The van der Waals surface area contributed by atoms with Crippen molar-refractivity contribution >= 4 is 35.1 Å². The summed E-state index contributed by atoms with van der Waals surface area (Å²) in [5.74, 6) is -1.58. The zero-order valence-corrected chi connectivity index (χ0v) is 11.7. The average molecular weight is 299 g/mol. The Balaban J connectivity index is 2.68. The number of carboxylic acids is 1. The number of carbonyl (C=O) groups is 3. The molecule has 20 heavy (non-hydrogen) atoms. The molecular weight excluding hydrogens is 284 g/mol. The van der Waals surface area contributed by atoms with Crippen molar-refractivity contribution < 1.29 is 19.5 Å². The van der Waals surface area contributed by atoms with Gasteiger partial charge in [0.25, 0.3) is 5.91 Å². The second-order valence-corrected chi connectivity index (χ2v) is 4.48. The van der Waals surface area contributed by atoms with Gasteiger partial charge in [0.1, 0.15) is 0 Å². The Hall–Kier alpha value is -2.08. The summed E-state index contributed by atoms with van der Waals surface area (Å²) in [6.07, 6.45) is 0.250. The number of halogens is 1. The number of anilines is 1. The van der Waals surface area contributed by atoms with Gasteiger partial charge in [-0.1, -0.05) is 11.6 Å². The van der Waals surface area contributed by atoms with Crippen molar-refractivity contribution in [3.63, 3.8) is 0 Å². The van der Waals surface area contributed by atoms with E-state index in [-0.39, 0.29) is 31.1 Å². The van der Waals surface area contributed by atoms with Gasteiger partial charge in [-0.2, -0.15) is 0 Å². The predicted octanol–water partition coefficient (Wildman–Crippen LogP) is 1.89. The van der Waals surface area contributed by atoms with E-state index in [2.05, 4.69) is 10.6 Å². The van der Waals surface area contributed by atoms with Crippen molar-refractivity contribution in [2.75, 3.05) is 12.4 Å². The van der Waals surface area contributed by atoms with E-state index < -0.39 is 5.97 Å². The molecular formula is C13H15ClN2O4. The second-order valence-electron chi connectivity index (χ2n) is 4.07. The molecule has 0 aliphatic carbocycles. The maximum Gasteiger partial charge on any atom is 0.303 e. The van der Waals surface area contributed by atoms with Crippen LogP contribution in [0.1, 0.15) is 29.6 Å². The number of amides is 2. The van der Waals surface area contributed by atoms with E-state index >= 15 is 0 Å². The van der Waals surface area contributed by atoms with Crippen molar-refractivity contribution in [2.24, 2.45) is 0 Å². The first kappa shape index (κ1) is 16.0. The lowest BCUT2D eigenvalue weighted by Crippen LogP contribution is -2.18. The molecule has 1 aromatic rings. The number of hydrogen-bond acceptors (Lipinski definition) is 3. The highest BCUT2D eigenvalue weighted by atomic mass is 35.5. The fourth-order valence-electron chi connectivity index (χ4n) is 1.52. The summed E-state index contributed by atoms with van der Waals surface area (Å²) in [6, 6.07) is 4.52. The molecule has 2 amide bonds. The number of rotatable bonds is 6. The molecule has 0 spiro atoms. The molecule has 0 saturated carbocycles. The molecule has 0 radical (unpaired) electrons. The molecule has 1 rings (SSSR count). The molecule has 0 unspecified atom stereocenters. The van der Waals surface area contributed by atoms with E-state index in [1.807, 2.05) is 0 Å². The third kappa shape index (κ3) is 4.89. The fraction of sp³-hybridized carbons (Fsp3) is 0.308. The predicted molar refractivity (Wildman–Crippen MR) is 75.0 cm³/mol. The summed E-state index contributed by atoms with van der Waals surface area (Å²) < 4.78 is 0. The number of benzene rings is 1. The van der Waals surface area contributed by atoms with E-state index in [0.29, 0.717) is 16.3 Å². The highest BCUT2D eigenvalue weighted by Crippen LogP contribution is 2.23. The Morgan fingerprint density at radius 1 is 1.25 bits per heavy atom. The van der Waals surface area contributed by atoms with Crippen LogP contribution in [0.4, 0.5) is 5.69 Å². The molecule has 0 aromatic heterocycles. The van der Waals surface area contributed by atoms with Crippen LogP contribution in [0.5, 0.6) is 0 Å². The van der Waals surface area contributed by atoms with Gasteiger partial charge in [-0.15, -0.1) is 0 Å². The van der Waals surface area contributed by atoms with Crippen molar-refractivity contribution in [1.29, 1.82) is 0 Å². The van der Waals surface area contributed by atoms with Gasteiger partial charge in [-0.05, 0) is 24.6 Å². The van der Waals surface area contributed by atoms with Crippen LogP contribution < -0.4 is 10.6 Å². The number of nitrogens with one attached hydrogen (secondary N) is 2. The largest absolute Gasteiger partial charge is 0.481 e. The van der Waals surface area contributed by atoms with Crippen molar-refractivity contribution in [3.8, 4) is 0 Å². The zero-order chi connectivity index (χ0) is 15.1. The molecule has 1 aromatic carbocycles. The minimum absolute atomic E-state index is 0.0700. The maximum atomic E-state index is 11.6. The Morgan fingerprint density at radius 2 is 1.95 bits per heavy atom. The smallest absolute Gasteiger partial charge is 0.303 e. The van der Waals surface area contributed by atoms with Crippen molar-refractivity contribution in [3.05, 3.63) is 28.8 Å². The Bertz CT molecular complexity index is 531. The van der Waals surface area contributed by atoms with Crippen LogP contribution in [-0.2, 0) is 9.59 Å². The normalized spacial score (nSPS) is 9.90. The van der Waals surface area contributed by atoms with Crippen LogP contribution in [-0.4, -0.2) is 29.9 Å². The lowest BCUT2D eigenvalue weighted by atomic mass is 10.1. The molecule has 0 aliphatic heterocycles. The first-order valence-electron chi connectivity index (χ1n) is 5.97. The molecule has 0 fully saturated rings. The van der Waals surface area contributed by atoms with E-state index in [1.165, 1.54) is 19.2 Å². The summed E-state index contributed by atoms with van der Waals surface area (Å²) >= 11 is 5.93. The number of aliphatic carboxylic acids is 1. The maximum absolute atomic E-state index is 11.6. The Morgan fingerprint density at radius 3 is 2.55 bits per heavy atom. The molecule has 3 N–H and O–H groups in total. The molecule has 0 heterocycles. The first-order chi connectivity index (χ1) is 9.43. The molecule has 6 nitrogen and oxygen atoms in total. The lowest BCUT2D eigenvalue weighted by Gasteiger charge is -2.09. The topological polar surface area (TPSA) is 95.5 Å². The van der Waals surface area contributed by atoms with Crippen molar-refractivity contribution in [1.82, 2.24) is 5.32 Å². The van der Waals surface area contributed by atoms with Crippen LogP contribution in [0, 0.1) is 0 Å². The number of carbonyl (C=O) groups excluding carboxylic acids is 2. The van der Waals surface area contributed by atoms with Gasteiger partial charge in [0.2, 0.25) is 5.91 Å². The fourth-order valence-corrected chi connectivity index (χ4v) is 1.68. The van der Waals surface area contributed by atoms with Gasteiger partial charge in [0.05, 0.1) is 10.7 Å². The van der Waals surface area contributed by atoms with Gasteiger partial charge in [0, 0.05) is 25.5 Å². The van der Waals surface area contributed by atoms with Crippen LogP contribution >= 0.6 is 11.6 Å². The Labute approximate surface area is 121 Å². The standard InChI is InChI=1S/C13H15ClN2O4/c1-15-13(20)8-5-6-9(14)10(7-8)16-11(17)3-2-4-12(18)19/h5-7H,2-4H2,1H3,(H,15,20)(H,16,17)(H,18,19). The first-order valence-corrected chi connectivity index (χ1v) is 6.35. The average Bonchev–Trinajstić information content (AvgIpc) is 2.40. The van der Waals surface area contributed by atoms with Gasteiger partial charge in [-0.25, -0.2) is 0 Å². The highest BCUT2D eigenvalue weighted by molar-refractivity contribution is 6.33. The second kappa shape index (κ2) is 7.49. The minimum Gasteiger partial charge on any atom is -0.481 e. The van der Waals surface area contributed by atoms with Gasteiger partial charge < -0.3 is 15.7 Å². The van der Waals surface area contributed by atoms with Crippen LogP contribution in [0.15, 0.2) is 18.2 Å². The molecule has 7 heteroatoms. The van der Waals surface area contributed by atoms with E-state index in [4.69, 9.17) is 16.7 Å². The van der Waals surface area contributed by atoms with Crippen molar-refractivity contribution in [2.45, 2.75) is 19.3 Å². The van der Waals surface area contributed by atoms with E-state index in [9.17, 15) is 14.4 Å². The lowest BCUT2D eigenvalue weighted by molar-refractivity contribution is -0.137. The summed E-state index contributed by atoms with van der Waals surface area (Å²) in [7, 11) is 1.50. The third-order valence-electron chi connectivity index (χ3n) is 2.52. The van der Waals surface area contributed by atoms with E-state index in [1.54, 1.807) is 6.07 Å². The minimum atomic E-state index is -0.947. The molecule has 108 valence electrons. The highest BCUT2D eigenvalue weighted by Gasteiger charge is 2.10. The van der Waals surface area contributed by atoms with E-state index in [0.717, 1.165) is 0 Å².